The first-order chi connectivity index (χ1) is 9.80. The molecule has 1 atom stereocenters. The van der Waals surface area contributed by atoms with Gasteiger partial charge in [-0.15, -0.1) is 0 Å². The summed E-state index contributed by atoms with van der Waals surface area (Å²) in [5.74, 6) is -0.0377. The van der Waals surface area contributed by atoms with Crippen molar-refractivity contribution in [2.75, 3.05) is 13.1 Å². The Hall–Kier alpha value is -0.610. The van der Waals surface area contributed by atoms with Crippen molar-refractivity contribution >= 4 is 5.97 Å². The van der Waals surface area contributed by atoms with Crippen LogP contribution in [0.1, 0.15) is 66.7 Å². The van der Waals surface area contributed by atoms with E-state index in [9.17, 15) is 9.90 Å². The first-order valence-electron chi connectivity index (χ1n) is 8.56. The second kappa shape index (κ2) is 8.14. The Morgan fingerprint density at radius 3 is 2.33 bits per heavy atom. The zero-order valence-corrected chi connectivity index (χ0v) is 14.5. The molecule has 0 bridgehead atoms. The lowest BCUT2D eigenvalue weighted by molar-refractivity contribution is -0.145. The van der Waals surface area contributed by atoms with E-state index in [1.165, 1.54) is 0 Å². The molecule has 1 unspecified atom stereocenters. The molecule has 0 amide bonds. The van der Waals surface area contributed by atoms with Gasteiger partial charge in [-0.25, -0.2) is 0 Å². The lowest BCUT2D eigenvalue weighted by Gasteiger charge is -2.32. The first kappa shape index (κ1) is 18.4. The highest BCUT2D eigenvalue weighted by molar-refractivity contribution is 5.78. The molecule has 0 radical (unpaired) electrons. The average molecular weight is 298 g/mol. The van der Waals surface area contributed by atoms with Gasteiger partial charge in [-0.3, -0.25) is 10.1 Å². The van der Waals surface area contributed by atoms with Crippen molar-refractivity contribution in [1.82, 2.24) is 10.2 Å². The molecule has 2 N–H and O–H groups in total. The normalized spacial score (nSPS) is 18.5. The summed E-state index contributed by atoms with van der Waals surface area (Å²) in [5, 5.41) is 13.0. The van der Waals surface area contributed by atoms with Gasteiger partial charge in [0.05, 0.1) is 0 Å². The van der Waals surface area contributed by atoms with Crippen LogP contribution >= 0.6 is 0 Å². The maximum Gasteiger partial charge on any atom is 0.323 e. The van der Waals surface area contributed by atoms with Crippen molar-refractivity contribution < 1.29 is 9.90 Å². The van der Waals surface area contributed by atoms with Gasteiger partial charge < -0.3 is 10.0 Å². The zero-order chi connectivity index (χ0) is 16.0. The summed E-state index contributed by atoms with van der Waals surface area (Å²) in [4.78, 5) is 14.2. The summed E-state index contributed by atoms with van der Waals surface area (Å²) < 4.78 is 0. The van der Waals surface area contributed by atoms with Crippen molar-refractivity contribution in [3.8, 4) is 0 Å². The number of rotatable bonds is 11. The van der Waals surface area contributed by atoms with E-state index in [-0.39, 0.29) is 0 Å². The predicted molar refractivity (Wildman–Crippen MR) is 87.6 cm³/mol. The molecule has 0 spiro atoms. The molecule has 21 heavy (non-hydrogen) atoms. The Bertz CT molecular complexity index is 327. The van der Waals surface area contributed by atoms with Gasteiger partial charge in [-0.2, -0.15) is 0 Å². The Balaban J connectivity index is 2.53. The minimum Gasteiger partial charge on any atom is -0.480 e. The van der Waals surface area contributed by atoms with E-state index in [1.807, 2.05) is 6.92 Å². The first-order valence-corrected chi connectivity index (χ1v) is 8.56. The fourth-order valence-corrected chi connectivity index (χ4v) is 2.90. The van der Waals surface area contributed by atoms with E-state index in [0.29, 0.717) is 24.4 Å². The van der Waals surface area contributed by atoms with Gasteiger partial charge in [0.2, 0.25) is 0 Å². The molecule has 1 rings (SSSR count). The highest BCUT2D eigenvalue weighted by Gasteiger charge is 2.40. The number of carbonyl (C=O) groups is 1. The molecule has 1 aliphatic rings. The van der Waals surface area contributed by atoms with Crippen molar-refractivity contribution in [1.29, 1.82) is 0 Å². The van der Waals surface area contributed by atoms with E-state index >= 15 is 0 Å². The van der Waals surface area contributed by atoms with Crippen LogP contribution in [0.5, 0.6) is 0 Å². The Morgan fingerprint density at radius 2 is 1.95 bits per heavy atom. The number of carboxylic acid groups (broad SMARTS) is 1. The molecule has 4 nitrogen and oxygen atoms in total. The van der Waals surface area contributed by atoms with Crippen LogP contribution in [0, 0.1) is 5.92 Å². The number of nitrogens with one attached hydrogen (secondary N) is 1. The third kappa shape index (κ3) is 5.95. The highest BCUT2D eigenvalue weighted by atomic mass is 16.4. The SMILES string of the molecule is CCC(CCCN(CC(C)C)C(C)C)(NC1CC1)C(=O)O. The van der Waals surface area contributed by atoms with E-state index in [4.69, 9.17) is 0 Å². The monoisotopic (exact) mass is 298 g/mol. The fourth-order valence-electron chi connectivity index (χ4n) is 2.90. The van der Waals surface area contributed by atoms with Crippen LogP contribution in [0.25, 0.3) is 0 Å². The van der Waals surface area contributed by atoms with Crippen LogP contribution in [0.3, 0.4) is 0 Å². The summed E-state index contributed by atoms with van der Waals surface area (Å²) in [7, 11) is 0. The molecule has 4 heteroatoms. The van der Waals surface area contributed by atoms with E-state index in [2.05, 4.69) is 37.9 Å². The molecule has 0 aromatic carbocycles. The van der Waals surface area contributed by atoms with Gasteiger partial charge in [0.1, 0.15) is 5.54 Å². The maximum absolute atomic E-state index is 11.7. The number of aliphatic carboxylic acids is 1. The molecule has 124 valence electrons. The number of nitrogens with zero attached hydrogens (tertiary/aromatic N) is 1. The minimum atomic E-state index is -0.721. The fraction of sp³-hybridized carbons (Fsp3) is 0.941. The molecule has 1 saturated carbocycles. The second-order valence-corrected chi connectivity index (χ2v) is 7.25. The molecule has 0 heterocycles. The van der Waals surface area contributed by atoms with Crippen LogP contribution < -0.4 is 5.32 Å². The zero-order valence-electron chi connectivity index (χ0n) is 14.5. The smallest absolute Gasteiger partial charge is 0.323 e. The third-order valence-electron chi connectivity index (χ3n) is 4.45. The summed E-state index contributed by atoms with van der Waals surface area (Å²) >= 11 is 0. The molecule has 1 aliphatic carbocycles. The highest BCUT2D eigenvalue weighted by Crippen LogP contribution is 2.27. The molecule has 1 fully saturated rings. The molecular weight excluding hydrogens is 264 g/mol. The Morgan fingerprint density at radius 1 is 1.33 bits per heavy atom. The van der Waals surface area contributed by atoms with Gasteiger partial charge in [0.25, 0.3) is 0 Å². The standard InChI is InChI=1S/C17H34N2O2/c1-6-17(16(20)21,18-15-8-9-15)10-7-11-19(14(4)5)12-13(2)3/h13-15,18H,6-12H2,1-5H3,(H,20,21). The molecular formula is C17H34N2O2. The lowest BCUT2D eigenvalue weighted by atomic mass is 9.90. The second-order valence-electron chi connectivity index (χ2n) is 7.25. The summed E-state index contributed by atoms with van der Waals surface area (Å²) in [6.07, 6.45) is 4.56. The topological polar surface area (TPSA) is 52.6 Å². The molecule has 0 saturated heterocycles. The van der Waals surface area contributed by atoms with Crippen LogP contribution in [-0.2, 0) is 4.79 Å². The quantitative estimate of drug-likeness (QED) is 0.615. The Kier molecular flexibility index (Phi) is 7.14. The average Bonchev–Trinajstić information content (AvgIpc) is 3.19. The molecule has 0 aromatic heterocycles. The van der Waals surface area contributed by atoms with Gasteiger partial charge >= 0.3 is 5.97 Å². The number of carboxylic acids is 1. The van der Waals surface area contributed by atoms with Gasteiger partial charge in [-0.1, -0.05) is 20.8 Å². The summed E-state index contributed by atoms with van der Waals surface area (Å²) in [6.45, 7) is 13.0. The van der Waals surface area contributed by atoms with Crippen LogP contribution in [-0.4, -0.2) is 46.7 Å². The van der Waals surface area contributed by atoms with Crippen molar-refractivity contribution in [3.05, 3.63) is 0 Å². The van der Waals surface area contributed by atoms with Crippen molar-refractivity contribution in [2.24, 2.45) is 5.92 Å². The van der Waals surface area contributed by atoms with Gasteiger partial charge in [0.15, 0.2) is 0 Å². The van der Waals surface area contributed by atoms with E-state index in [1.54, 1.807) is 0 Å². The molecule has 0 aromatic rings. The van der Waals surface area contributed by atoms with Crippen molar-refractivity contribution in [2.45, 2.75) is 84.3 Å². The maximum atomic E-state index is 11.7. The largest absolute Gasteiger partial charge is 0.480 e. The molecule has 0 aliphatic heterocycles. The van der Waals surface area contributed by atoms with Crippen LogP contribution in [0.15, 0.2) is 0 Å². The number of hydrogen-bond acceptors (Lipinski definition) is 3. The Labute approximate surface area is 130 Å². The van der Waals surface area contributed by atoms with Crippen LogP contribution in [0.4, 0.5) is 0 Å². The summed E-state index contributed by atoms with van der Waals surface area (Å²) in [6, 6.07) is 0.947. The van der Waals surface area contributed by atoms with Crippen LogP contribution in [0.2, 0.25) is 0 Å². The lowest BCUT2D eigenvalue weighted by Crippen LogP contribution is -2.53. The third-order valence-corrected chi connectivity index (χ3v) is 4.45. The van der Waals surface area contributed by atoms with E-state index < -0.39 is 11.5 Å². The van der Waals surface area contributed by atoms with Gasteiger partial charge in [-0.05, 0) is 58.4 Å². The van der Waals surface area contributed by atoms with Crippen molar-refractivity contribution in [3.63, 3.8) is 0 Å². The minimum absolute atomic E-state index is 0.429. The summed E-state index contributed by atoms with van der Waals surface area (Å²) in [5.41, 5.74) is -0.721. The van der Waals surface area contributed by atoms with Gasteiger partial charge in [0, 0.05) is 18.6 Å². The predicted octanol–water partition coefficient (Wildman–Crippen LogP) is 3.12. The number of hydrogen-bond donors (Lipinski definition) is 2. The van der Waals surface area contributed by atoms with E-state index in [0.717, 1.165) is 38.8 Å².